The van der Waals surface area contributed by atoms with Crippen LogP contribution >= 0.6 is 46.3 Å². The van der Waals surface area contributed by atoms with E-state index in [1.165, 1.54) is 23.1 Å². The van der Waals surface area contributed by atoms with E-state index in [9.17, 15) is 4.79 Å². The average molecular weight is 557 g/mol. The number of thioether (sulfide) groups is 1. The van der Waals surface area contributed by atoms with Crippen molar-refractivity contribution in [2.45, 2.75) is 17.3 Å². The molecule has 1 N–H and O–H groups in total. The Morgan fingerprint density at radius 3 is 2.86 bits per heavy atom. The van der Waals surface area contributed by atoms with Gasteiger partial charge in [-0.1, -0.05) is 41.0 Å². The normalized spacial score (nSPS) is 11.1. The third kappa shape index (κ3) is 5.62. The molecule has 1 amide bonds. The zero-order valence-corrected chi connectivity index (χ0v) is 21.7. The van der Waals surface area contributed by atoms with E-state index in [1.54, 1.807) is 52.7 Å². The molecule has 36 heavy (non-hydrogen) atoms. The molecule has 1 aromatic carbocycles. The fraction of sp³-hybridized carbons (Fsp3) is 0.125. The Kier molecular flexibility index (Phi) is 7.66. The summed E-state index contributed by atoms with van der Waals surface area (Å²) >= 11 is 15.6. The van der Waals surface area contributed by atoms with Gasteiger partial charge in [-0.3, -0.25) is 14.3 Å². The van der Waals surface area contributed by atoms with Crippen molar-refractivity contribution < 1.29 is 9.21 Å². The molecule has 12 heteroatoms. The van der Waals surface area contributed by atoms with E-state index in [0.29, 0.717) is 56.9 Å². The molecule has 4 heterocycles. The van der Waals surface area contributed by atoms with Gasteiger partial charge in [0.2, 0.25) is 5.82 Å². The number of benzene rings is 1. The molecule has 0 aliphatic rings. The quantitative estimate of drug-likeness (QED) is 0.224. The summed E-state index contributed by atoms with van der Waals surface area (Å²) in [5, 5.41) is 15.7. The monoisotopic (exact) mass is 556 g/mol. The minimum Gasteiger partial charge on any atom is -0.461 e. The summed E-state index contributed by atoms with van der Waals surface area (Å²) in [6, 6.07) is 14.5. The van der Waals surface area contributed by atoms with E-state index in [1.807, 2.05) is 18.2 Å². The molecule has 0 aliphatic carbocycles. The van der Waals surface area contributed by atoms with Gasteiger partial charge in [-0.05, 0) is 42.5 Å². The van der Waals surface area contributed by atoms with E-state index in [0.717, 1.165) is 10.7 Å². The highest BCUT2D eigenvalue weighted by Gasteiger charge is 2.21. The van der Waals surface area contributed by atoms with Crippen molar-refractivity contribution in [3.05, 3.63) is 92.8 Å². The number of nitrogens with zero attached hydrogens (tertiary/aromatic N) is 5. The van der Waals surface area contributed by atoms with Crippen molar-refractivity contribution >= 4 is 52.2 Å². The summed E-state index contributed by atoms with van der Waals surface area (Å²) in [4.78, 5) is 21.3. The number of carbonyl (C=O) groups is 1. The Morgan fingerprint density at radius 1 is 1.14 bits per heavy atom. The number of nitrogens with one attached hydrogen (secondary N) is 1. The van der Waals surface area contributed by atoms with Gasteiger partial charge in [0.05, 0.1) is 22.7 Å². The third-order valence-corrected chi connectivity index (χ3v) is 7.55. The minimum absolute atomic E-state index is 0.215. The molecular formula is C24H18Cl2N6O2S2. The van der Waals surface area contributed by atoms with Gasteiger partial charge in [-0.15, -0.1) is 21.5 Å². The van der Waals surface area contributed by atoms with Crippen molar-refractivity contribution in [1.29, 1.82) is 0 Å². The molecule has 5 rings (SSSR count). The number of furan rings is 1. The maximum Gasteiger partial charge on any atom is 0.270 e. The van der Waals surface area contributed by atoms with E-state index in [-0.39, 0.29) is 5.91 Å². The van der Waals surface area contributed by atoms with Crippen LogP contribution in [0.15, 0.2) is 75.9 Å². The molecule has 0 saturated carbocycles. The summed E-state index contributed by atoms with van der Waals surface area (Å²) < 4.78 is 7.35. The standard InChI is InChI=1S/C24H18Cl2N6O2S2/c25-15-6-7-17(26)19(12-15)32-22(20-5-3-11-34-20)30-31-24(32)36-14-21-29-18(13-35-21)23(33)28-10-8-16-4-1-2-9-27-16/h1-7,9,11-13H,8,10,14H2,(H,28,33). The number of hydrogen-bond donors (Lipinski definition) is 1. The number of aromatic nitrogens is 5. The first-order valence-electron chi connectivity index (χ1n) is 10.8. The number of thiazole rings is 1. The van der Waals surface area contributed by atoms with Crippen LogP contribution in [0.4, 0.5) is 0 Å². The summed E-state index contributed by atoms with van der Waals surface area (Å²) in [5.74, 6) is 1.32. The minimum atomic E-state index is -0.215. The summed E-state index contributed by atoms with van der Waals surface area (Å²) in [6.07, 6.45) is 3.96. The molecule has 0 unspecified atom stereocenters. The van der Waals surface area contributed by atoms with Gasteiger partial charge in [-0.2, -0.15) is 0 Å². The van der Waals surface area contributed by atoms with Gasteiger partial charge in [0.25, 0.3) is 5.91 Å². The Hall–Kier alpha value is -3.18. The van der Waals surface area contributed by atoms with Crippen molar-refractivity contribution in [2.24, 2.45) is 0 Å². The predicted molar refractivity (Wildman–Crippen MR) is 141 cm³/mol. The van der Waals surface area contributed by atoms with Crippen LogP contribution in [0.1, 0.15) is 21.2 Å². The van der Waals surface area contributed by atoms with E-state index in [4.69, 9.17) is 27.6 Å². The highest BCUT2D eigenvalue weighted by Crippen LogP contribution is 2.34. The predicted octanol–water partition coefficient (Wildman–Crippen LogP) is 5.95. The smallest absolute Gasteiger partial charge is 0.270 e. The summed E-state index contributed by atoms with van der Waals surface area (Å²) in [5.41, 5.74) is 1.94. The number of carbonyl (C=O) groups excluding carboxylic acids is 1. The van der Waals surface area contributed by atoms with Crippen LogP contribution in [0.2, 0.25) is 10.0 Å². The Balaban J connectivity index is 1.29. The molecule has 5 aromatic rings. The molecule has 0 saturated heterocycles. The summed E-state index contributed by atoms with van der Waals surface area (Å²) in [7, 11) is 0. The highest BCUT2D eigenvalue weighted by atomic mass is 35.5. The number of rotatable bonds is 9. The maximum atomic E-state index is 12.5. The number of pyridine rings is 1. The lowest BCUT2D eigenvalue weighted by Crippen LogP contribution is -2.26. The fourth-order valence-electron chi connectivity index (χ4n) is 3.35. The molecule has 0 bridgehead atoms. The number of halogens is 2. The first-order valence-corrected chi connectivity index (χ1v) is 13.4. The van der Waals surface area contributed by atoms with Crippen LogP contribution in [0.25, 0.3) is 17.3 Å². The van der Waals surface area contributed by atoms with Crippen molar-refractivity contribution in [3.8, 4) is 17.3 Å². The SMILES string of the molecule is O=C(NCCc1ccccn1)c1csc(CSc2nnc(-c3ccco3)n2-c2cc(Cl)ccc2Cl)n1. The van der Waals surface area contributed by atoms with Crippen LogP contribution in [0.5, 0.6) is 0 Å². The Morgan fingerprint density at radius 2 is 2.06 bits per heavy atom. The van der Waals surface area contributed by atoms with E-state index >= 15 is 0 Å². The second kappa shape index (κ2) is 11.3. The van der Waals surface area contributed by atoms with Gasteiger partial charge in [0.1, 0.15) is 10.7 Å². The van der Waals surface area contributed by atoms with Crippen LogP contribution in [-0.2, 0) is 12.2 Å². The lowest BCUT2D eigenvalue weighted by Gasteiger charge is -2.11. The first kappa shape index (κ1) is 24.5. The van der Waals surface area contributed by atoms with Crippen LogP contribution in [-0.4, -0.2) is 37.2 Å². The van der Waals surface area contributed by atoms with E-state index in [2.05, 4.69) is 25.5 Å². The van der Waals surface area contributed by atoms with Crippen molar-refractivity contribution in [1.82, 2.24) is 30.0 Å². The molecule has 182 valence electrons. The van der Waals surface area contributed by atoms with Gasteiger partial charge in [0, 0.05) is 35.3 Å². The fourth-order valence-corrected chi connectivity index (χ4v) is 5.46. The topological polar surface area (TPSA) is 98.7 Å². The third-order valence-electron chi connectivity index (χ3n) is 5.03. The Bertz CT molecular complexity index is 1470. The molecular weight excluding hydrogens is 539 g/mol. The highest BCUT2D eigenvalue weighted by molar-refractivity contribution is 7.98. The second-order valence-electron chi connectivity index (χ2n) is 7.46. The van der Waals surface area contributed by atoms with Crippen molar-refractivity contribution in [2.75, 3.05) is 6.54 Å². The maximum absolute atomic E-state index is 12.5. The first-order chi connectivity index (χ1) is 17.6. The zero-order valence-electron chi connectivity index (χ0n) is 18.6. The van der Waals surface area contributed by atoms with Crippen molar-refractivity contribution in [3.63, 3.8) is 0 Å². The number of hydrogen-bond acceptors (Lipinski definition) is 8. The van der Waals surface area contributed by atoms with Gasteiger partial charge >= 0.3 is 0 Å². The molecule has 0 fully saturated rings. The lowest BCUT2D eigenvalue weighted by molar-refractivity contribution is 0.0949. The largest absolute Gasteiger partial charge is 0.461 e. The molecule has 4 aromatic heterocycles. The zero-order chi connectivity index (χ0) is 24.9. The molecule has 8 nitrogen and oxygen atoms in total. The molecule has 0 atom stereocenters. The van der Waals surface area contributed by atoms with Gasteiger partial charge in [-0.25, -0.2) is 4.98 Å². The average Bonchev–Trinajstić information content (AvgIpc) is 3.65. The summed E-state index contributed by atoms with van der Waals surface area (Å²) in [6.45, 7) is 0.483. The Labute approximate surface area is 224 Å². The van der Waals surface area contributed by atoms with Gasteiger partial charge in [0.15, 0.2) is 10.9 Å². The molecule has 0 spiro atoms. The van der Waals surface area contributed by atoms with Crippen LogP contribution in [0.3, 0.4) is 0 Å². The van der Waals surface area contributed by atoms with Crippen LogP contribution in [0, 0.1) is 0 Å². The molecule has 0 radical (unpaired) electrons. The van der Waals surface area contributed by atoms with E-state index < -0.39 is 0 Å². The number of amides is 1. The molecule has 0 aliphatic heterocycles. The second-order valence-corrected chi connectivity index (χ2v) is 10.2. The van der Waals surface area contributed by atoms with Crippen LogP contribution < -0.4 is 5.32 Å². The van der Waals surface area contributed by atoms with Gasteiger partial charge < -0.3 is 9.73 Å². The lowest BCUT2D eigenvalue weighted by atomic mass is 10.2.